The number of methoxy groups -OCH3 is 1. The maximum atomic E-state index is 15.3. The molecule has 1 aromatic heterocycles. The third-order valence-corrected chi connectivity index (χ3v) is 17.0. The fourth-order valence-electron chi connectivity index (χ4n) is 9.20. The topological polar surface area (TPSA) is 110 Å². The third-order valence-electron chi connectivity index (χ3n) is 12.2. The van der Waals surface area contributed by atoms with Gasteiger partial charge in [-0.05, 0) is 65.6 Å². The van der Waals surface area contributed by atoms with Crippen LogP contribution in [0.3, 0.4) is 0 Å². The summed E-state index contributed by atoms with van der Waals surface area (Å²) in [6, 6.07) is 32.2. The average molecular weight is 821 g/mol. The van der Waals surface area contributed by atoms with Crippen molar-refractivity contribution in [1.29, 1.82) is 0 Å². The van der Waals surface area contributed by atoms with Gasteiger partial charge in [0.05, 0.1) is 51.7 Å². The summed E-state index contributed by atoms with van der Waals surface area (Å²) in [5.74, 6) is 0.407. The second kappa shape index (κ2) is 14.8. The van der Waals surface area contributed by atoms with E-state index in [1.54, 1.807) is 12.0 Å². The monoisotopic (exact) mass is 819 g/mol. The number of carbonyl (C=O) groups is 2. The predicted molar refractivity (Wildman–Crippen MR) is 218 cm³/mol. The number of benzene rings is 4. The molecule has 0 bridgehead atoms. The largest absolute Gasteiger partial charge is 0.497 e. The second-order valence-corrected chi connectivity index (χ2v) is 21.1. The number of aryl methyl sites for hydroxylation is 1. The number of fused-ring (bicyclic) bond motifs is 2. The number of β-lactam (4-membered cyclic amide) rings is 1. The molecule has 2 saturated heterocycles. The number of anilines is 2. The van der Waals surface area contributed by atoms with Gasteiger partial charge in [0.2, 0.25) is 5.91 Å². The molecule has 3 aliphatic heterocycles. The molecular weight excluding hydrogens is 774 g/mol. The quantitative estimate of drug-likeness (QED) is 0.109. The molecule has 55 heavy (non-hydrogen) atoms. The summed E-state index contributed by atoms with van der Waals surface area (Å²) < 4.78 is 15.6. The Kier molecular flexibility index (Phi) is 10.0. The van der Waals surface area contributed by atoms with Crippen LogP contribution in [0.25, 0.3) is 0 Å². The number of hydrogen-bond donors (Lipinski definition) is 1. The van der Waals surface area contributed by atoms with Crippen molar-refractivity contribution in [1.82, 2.24) is 15.0 Å². The first-order valence-electron chi connectivity index (χ1n) is 18.9. The predicted octanol–water partition coefficient (Wildman–Crippen LogP) is 6.76. The summed E-state index contributed by atoms with van der Waals surface area (Å²) in [6.07, 6.45) is 2.82. The minimum atomic E-state index is -2.37. The molecule has 1 unspecified atom stereocenters. The summed E-state index contributed by atoms with van der Waals surface area (Å²) in [6.45, 7) is 8.47. The van der Waals surface area contributed by atoms with Gasteiger partial charge in [0.1, 0.15) is 5.75 Å². The number of rotatable bonds is 12. The maximum Gasteiger partial charge on any atom is 0.264 e. The van der Waals surface area contributed by atoms with Gasteiger partial charge in [-0.2, -0.15) is 0 Å². The van der Waals surface area contributed by atoms with E-state index in [4.69, 9.17) is 9.47 Å². The number of aromatic nitrogens is 3. The number of nitrogens with zero attached hydrogens (tertiary/aromatic N) is 5. The normalized spacial score (nSPS) is 22.6. The number of aliphatic hydroxyl groups is 1. The number of aliphatic hydroxyl groups excluding tert-OH is 1. The van der Waals surface area contributed by atoms with Crippen molar-refractivity contribution in [2.24, 2.45) is 5.92 Å². The zero-order valence-corrected chi connectivity index (χ0v) is 34.1. The van der Waals surface area contributed by atoms with Crippen molar-refractivity contribution >= 4 is 52.4 Å². The number of hydrogen-bond acceptors (Lipinski definition) is 7. The Bertz CT molecular complexity index is 2210. The molecule has 3 aliphatic rings. The van der Waals surface area contributed by atoms with E-state index in [1.807, 2.05) is 94.6 Å². The zero-order valence-electron chi connectivity index (χ0n) is 31.6. The van der Waals surface area contributed by atoms with Crippen LogP contribution in [0.4, 0.5) is 11.4 Å². The van der Waals surface area contributed by atoms with Crippen molar-refractivity contribution < 1.29 is 24.2 Å². The molecule has 1 N–H and O–H groups in total. The first-order valence-corrected chi connectivity index (χ1v) is 22.8. The van der Waals surface area contributed by atoms with Gasteiger partial charge in [0, 0.05) is 47.3 Å². The summed E-state index contributed by atoms with van der Waals surface area (Å²) in [7, 11) is -0.690. The number of ether oxygens (including phenoxy) is 2. The lowest BCUT2D eigenvalue weighted by Gasteiger charge is -2.37. The van der Waals surface area contributed by atoms with Crippen LogP contribution in [0.2, 0.25) is 18.6 Å². The Morgan fingerprint density at radius 2 is 1.80 bits per heavy atom. The maximum absolute atomic E-state index is 15.3. The van der Waals surface area contributed by atoms with E-state index in [0.717, 1.165) is 38.3 Å². The third kappa shape index (κ3) is 6.52. The first kappa shape index (κ1) is 37.3. The molecule has 2 fully saturated rings. The van der Waals surface area contributed by atoms with Gasteiger partial charge < -0.3 is 24.4 Å². The highest BCUT2D eigenvalue weighted by atomic mass is 79.9. The van der Waals surface area contributed by atoms with Crippen LogP contribution in [0.5, 0.6) is 5.75 Å². The molecule has 10 nitrogen and oxygen atoms in total. The molecule has 4 heterocycles. The van der Waals surface area contributed by atoms with Crippen molar-refractivity contribution in [3.8, 4) is 5.75 Å². The lowest BCUT2D eigenvalue weighted by molar-refractivity contribution is -0.146. The molecule has 5 aromatic rings. The fourth-order valence-corrected chi connectivity index (χ4v) is 13.6. The summed E-state index contributed by atoms with van der Waals surface area (Å²) in [5.41, 5.74) is 4.04. The van der Waals surface area contributed by atoms with Crippen LogP contribution in [0.1, 0.15) is 48.1 Å². The Balaban J connectivity index is 1.15. The average Bonchev–Trinajstić information content (AvgIpc) is 3.84. The van der Waals surface area contributed by atoms with Crippen molar-refractivity contribution in [3.05, 3.63) is 130 Å². The Morgan fingerprint density at radius 3 is 2.49 bits per heavy atom. The Hall–Kier alpha value is -4.62. The second-order valence-electron chi connectivity index (χ2n) is 15.5. The van der Waals surface area contributed by atoms with E-state index in [1.165, 1.54) is 5.19 Å². The van der Waals surface area contributed by atoms with Crippen LogP contribution in [0, 0.1) is 5.92 Å². The van der Waals surface area contributed by atoms with Crippen molar-refractivity contribution in [2.75, 3.05) is 30.1 Å². The number of carbonyl (C=O) groups excluding carboxylic acids is 2. The smallest absolute Gasteiger partial charge is 0.264 e. The van der Waals surface area contributed by atoms with Gasteiger partial charge >= 0.3 is 0 Å². The number of amides is 2. The van der Waals surface area contributed by atoms with Crippen LogP contribution in [-0.4, -0.2) is 66.4 Å². The minimum absolute atomic E-state index is 0.0508. The lowest BCUT2D eigenvalue weighted by atomic mass is 9.82. The molecule has 5 atom stereocenters. The highest BCUT2D eigenvalue weighted by Crippen LogP contribution is 2.60. The molecule has 2 amide bonds. The minimum Gasteiger partial charge on any atom is -0.497 e. The summed E-state index contributed by atoms with van der Waals surface area (Å²) in [4.78, 5) is 31.2. The molecule has 0 aliphatic carbocycles. The van der Waals surface area contributed by atoms with Crippen LogP contribution in [-0.2, 0) is 33.0 Å². The van der Waals surface area contributed by atoms with Crippen LogP contribution >= 0.6 is 15.9 Å². The van der Waals surface area contributed by atoms with Crippen molar-refractivity contribution in [2.45, 2.75) is 69.1 Å². The van der Waals surface area contributed by atoms with Gasteiger partial charge in [0.15, 0.2) is 5.60 Å². The molecule has 0 saturated carbocycles. The molecule has 12 heteroatoms. The van der Waals surface area contributed by atoms with Gasteiger partial charge in [-0.15, -0.1) is 5.10 Å². The van der Waals surface area contributed by atoms with E-state index in [0.29, 0.717) is 38.2 Å². The van der Waals surface area contributed by atoms with Gasteiger partial charge in [0.25, 0.3) is 5.91 Å². The van der Waals surface area contributed by atoms with E-state index < -0.39 is 13.7 Å². The highest BCUT2D eigenvalue weighted by molar-refractivity contribution is 9.10. The van der Waals surface area contributed by atoms with Crippen LogP contribution < -0.4 is 19.7 Å². The molecule has 0 radical (unpaired) electrons. The number of halogens is 1. The van der Waals surface area contributed by atoms with E-state index in [9.17, 15) is 9.90 Å². The van der Waals surface area contributed by atoms with Crippen molar-refractivity contribution in [3.63, 3.8) is 0 Å². The zero-order chi connectivity index (χ0) is 38.5. The highest BCUT2D eigenvalue weighted by Gasteiger charge is 2.66. The van der Waals surface area contributed by atoms with E-state index in [-0.39, 0.29) is 41.9 Å². The Labute approximate surface area is 331 Å². The van der Waals surface area contributed by atoms with Gasteiger partial charge in [-0.3, -0.25) is 14.3 Å². The summed E-state index contributed by atoms with van der Waals surface area (Å²) >= 11 is 3.72. The van der Waals surface area contributed by atoms with Gasteiger partial charge in [-0.1, -0.05) is 101 Å². The molecular formula is C43H46BrN5O5Si. The molecule has 284 valence electrons. The fraction of sp³-hybridized carbons (Fsp3) is 0.349. The Morgan fingerprint density at radius 1 is 1.02 bits per heavy atom. The van der Waals surface area contributed by atoms with Gasteiger partial charge in [-0.25, -0.2) is 0 Å². The van der Waals surface area contributed by atoms with E-state index >= 15 is 4.79 Å². The van der Waals surface area contributed by atoms with Crippen LogP contribution in [0.15, 0.2) is 108 Å². The SMILES string of the molecule is COc1ccc([Si](C)(C)[C@@H]2[C@@H](CCn3cc(C(CO)c4ccccc4)nn3)O[C@]3(C(=O)N(Cc4cccc(N5CCC5=O)c4)c4ccc(Br)cc43)[C@H]2C)cc1. The molecule has 8 rings (SSSR count). The van der Waals surface area contributed by atoms with E-state index in [2.05, 4.69) is 64.5 Å². The summed E-state index contributed by atoms with van der Waals surface area (Å²) in [5, 5.41) is 20.5. The lowest BCUT2D eigenvalue weighted by Crippen LogP contribution is -2.51. The molecule has 4 aromatic carbocycles. The standard InChI is InChI=1S/C43H46BrN5O5Si/c1-28-41(55(3,4)34-16-14-33(53-2)15-17-34)39(19-21-47-26-37(45-46-47)35(27-50)30-10-6-5-7-11-30)54-43(28)36-24-31(44)13-18-38(36)49(42(43)52)25-29-9-8-12-32(23-29)48-22-20-40(48)51/h5-18,23-24,26,28,35,39,41,50H,19-22,25,27H2,1-4H3/t28-,35?,39+,41-,43+/m0/s1. The first-order chi connectivity index (χ1) is 26.5. The molecule has 1 spiro atoms.